The number of carboxylic acid groups (broad SMARTS) is 1. The quantitative estimate of drug-likeness (QED) is 0.249. The van der Waals surface area contributed by atoms with E-state index in [4.69, 9.17) is 16.7 Å². The monoisotopic (exact) mass is 553 g/mol. The van der Waals surface area contributed by atoms with Crippen molar-refractivity contribution in [2.45, 2.75) is 25.9 Å². The summed E-state index contributed by atoms with van der Waals surface area (Å²) in [4.78, 5) is 40.9. The van der Waals surface area contributed by atoms with Crippen molar-refractivity contribution in [1.82, 2.24) is 40.3 Å². The van der Waals surface area contributed by atoms with Gasteiger partial charge in [-0.1, -0.05) is 11.6 Å². The number of nitrogens with one attached hydrogen (secondary N) is 2. The number of anilines is 1. The molecule has 200 valence electrons. The predicted octanol–water partition coefficient (Wildman–Crippen LogP) is 2.14. The third kappa shape index (κ3) is 6.67. The number of pyridine rings is 1. The first-order valence-corrected chi connectivity index (χ1v) is 11.9. The van der Waals surface area contributed by atoms with Crippen LogP contribution < -0.4 is 10.6 Å². The number of hydrogen-bond donors (Lipinski definition) is 3. The molecule has 0 radical (unpaired) electrons. The van der Waals surface area contributed by atoms with E-state index in [9.17, 15) is 18.8 Å². The standard InChI is InChI=1S/C24H21ClFN9O4/c1-2-34-10-9-15(31-34)11-18(23(37)30-20-7-3-14(12-27-20)24(38)39)29-21(36)8-4-16-19(35-13-28-32-33-35)6-5-17(25)22(16)26/h3-10,12-13,18H,2,11H2,1H3,(H,29,36)(H,38,39)(H,27,30,37)/b8-4+/t18-/m0/s1. The van der Waals surface area contributed by atoms with Crippen molar-refractivity contribution in [2.75, 3.05) is 5.32 Å². The Labute approximate surface area is 225 Å². The van der Waals surface area contributed by atoms with Gasteiger partial charge < -0.3 is 15.7 Å². The van der Waals surface area contributed by atoms with Crippen molar-refractivity contribution in [3.8, 4) is 5.69 Å². The number of benzene rings is 1. The van der Waals surface area contributed by atoms with E-state index < -0.39 is 29.6 Å². The van der Waals surface area contributed by atoms with Crippen LogP contribution in [0.1, 0.15) is 28.5 Å². The van der Waals surface area contributed by atoms with Crippen molar-refractivity contribution in [1.29, 1.82) is 0 Å². The van der Waals surface area contributed by atoms with Crippen LogP contribution in [0.3, 0.4) is 0 Å². The summed E-state index contributed by atoms with van der Waals surface area (Å²) < 4.78 is 17.7. The number of aryl methyl sites for hydroxylation is 1. The first kappa shape index (κ1) is 27.1. The van der Waals surface area contributed by atoms with Gasteiger partial charge in [0.2, 0.25) is 11.8 Å². The van der Waals surface area contributed by atoms with Crippen LogP contribution in [-0.4, -0.2) is 63.9 Å². The second kappa shape index (κ2) is 12.0. The Morgan fingerprint density at radius 3 is 2.67 bits per heavy atom. The smallest absolute Gasteiger partial charge is 0.337 e. The van der Waals surface area contributed by atoms with Gasteiger partial charge in [-0.15, -0.1) is 5.10 Å². The van der Waals surface area contributed by atoms with Gasteiger partial charge in [-0.2, -0.15) is 9.78 Å². The lowest BCUT2D eigenvalue weighted by molar-refractivity contribution is -0.123. The molecule has 13 nitrogen and oxygen atoms in total. The molecule has 4 rings (SSSR count). The summed E-state index contributed by atoms with van der Waals surface area (Å²) in [5, 5.41) is 29.2. The van der Waals surface area contributed by atoms with Gasteiger partial charge >= 0.3 is 5.97 Å². The Balaban J connectivity index is 1.55. The Morgan fingerprint density at radius 1 is 1.21 bits per heavy atom. The number of carboxylic acids is 1. The lowest BCUT2D eigenvalue weighted by atomic mass is 10.1. The van der Waals surface area contributed by atoms with Gasteiger partial charge in [0.15, 0.2) is 5.82 Å². The number of aromatic carboxylic acids is 1. The molecule has 0 aliphatic carbocycles. The molecule has 1 aromatic carbocycles. The van der Waals surface area contributed by atoms with Crippen LogP contribution in [0.2, 0.25) is 5.02 Å². The van der Waals surface area contributed by atoms with Gasteiger partial charge in [0.25, 0.3) is 0 Å². The first-order valence-electron chi connectivity index (χ1n) is 11.5. The molecular formula is C24H21ClFN9O4. The number of halogens is 2. The van der Waals surface area contributed by atoms with Crippen LogP contribution >= 0.6 is 11.6 Å². The number of amides is 2. The summed E-state index contributed by atoms with van der Waals surface area (Å²) in [5.74, 6) is -3.19. The lowest BCUT2D eigenvalue weighted by Gasteiger charge is -2.17. The number of carbonyl (C=O) groups excluding carboxylic acids is 2. The number of rotatable bonds is 10. The van der Waals surface area contributed by atoms with Crippen LogP contribution in [0.5, 0.6) is 0 Å². The molecule has 0 fully saturated rings. The summed E-state index contributed by atoms with van der Waals surface area (Å²) in [6.45, 7) is 2.51. The predicted molar refractivity (Wildman–Crippen MR) is 137 cm³/mol. The average molecular weight is 554 g/mol. The second-order valence-corrected chi connectivity index (χ2v) is 8.44. The summed E-state index contributed by atoms with van der Waals surface area (Å²) in [6, 6.07) is 6.04. The highest BCUT2D eigenvalue weighted by molar-refractivity contribution is 6.31. The van der Waals surface area contributed by atoms with Gasteiger partial charge in [-0.05, 0) is 53.8 Å². The van der Waals surface area contributed by atoms with E-state index >= 15 is 0 Å². The Kier molecular flexibility index (Phi) is 8.36. The summed E-state index contributed by atoms with van der Waals surface area (Å²) in [7, 11) is 0. The normalized spacial score (nSPS) is 11.9. The van der Waals surface area contributed by atoms with E-state index in [2.05, 4.69) is 36.2 Å². The number of nitrogens with zero attached hydrogens (tertiary/aromatic N) is 7. The third-order valence-electron chi connectivity index (χ3n) is 5.43. The van der Waals surface area contributed by atoms with Crippen molar-refractivity contribution in [3.63, 3.8) is 0 Å². The van der Waals surface area contributed by atoms with E-state index in [1.54, 1.807) is 16.9 Å². The van der Waals surface area contributed by atoms with Crippen molar-refractivity contribution in [3.05, 3.63) is 82.8 Å². The molecule has 1 atom stereocenters. The number of aromatic nitrogens is 7. The SMILES string of the molecule is CCn1ccc(C[C@H](NC(=O)/C=C/c2c(-n3cnnn3)ccc(Cl)c2F)C(=O)Nc2ccc(C(=O)O)cn2)n1. The molecule has 3 heterocycles. The Hall–Kier alpha value is -4.98. The van der Waals surface area contributed by atoms with Crippen LogP contribution in [0.25, 0.3) is 11.8 Å². The Morgan fingerprint density at radius 2 is 2.03 bits per heavy atom. The molecule has 15 heteroatoms. The van der Waals surface area contributed by atoms with E-state index in [1.807, 2.05) is 6.92 Å². The Bertz CT molecular complexity index is 1520. The second-order valence-electron chi connectivity index (χ2n) is 8.04. The molecule has 4 aromatic rings. The summed E-state index contributed by atoms with van der Waals surface area (Å²) >= 11 is 5.93. The molecular weight excluding hydrogens is 533 g/mol. The maximum absolute atomic E-state index is 14.8. The molecule has 0 bridgehead atoms. The molecule has 0 spiro atoms. The first-order chi connectivity index (χ1) is 18.7. The molecule has 0 saturated heterocycles. The van der Waals surface area contributed by atoms with E-state index in [1.165, 1.54) is 41.4 Å². The fourth-order valence-electron chi connectivity index (χ4n) is 3.48. The average Bonchev–Trinajstić information content (AvgIpc) is 3.62. The van der Waals surface area contributed by atoms with Crippen LogP contribution in [-0.2, 0) is 22.6 Å². The maximum Gasteiger partial charge on any atom is 0.337 e. The van der Waals surface area contributed by atoms with Gasteiger partial charge in [0, 0.05) is 37.0 Å². The summed E-state index contributed by atoms with van der Waals surface area (Å²) in [6.07, 6.45) is 6.37. The topological polar surface area (TPSA) is 170 Å². The molecule has 0 aliphatic heterocycles. The molecule has 3 aromatic heterocycles. The number of hydrogen-bond acceptors (Lipinski definition) is 8. The third-order valence-corrected chi connectivity index (χ3v) is 5.73. The van der Waals surface area contributed by atoms with E-state index in [0.717, 1.165) is 12.3 Å². The molecule has 39 heavy (non-hydrogen) atoms. The van der Waals surface area contributed by atoms with Crippen LogP contribution in [0.4, 0.5) is 10.2 Å². The minimum atomic E-state index is -1.16. The molecule has 2 amide bonds. The fourth-order valence-corrected chi connectivity index (χ4v) is 3.64. The molecule has 0 saturated carbocycles. The van der Waals surface area contributed by atoms with Crippen molar-refractivity contribution in [2.24, 2.45) is 0 Å². The van der Waals surface area contributed by atoms with Crippen molar-refractivity contribution >= 4 is 41.3 Å². The highest BCUT2D eigenvalue weighted by Crippen LogP contribution is 2.25. The molecule has 3 N–H and O–H groups in total. The largest absolute Gasteiger partial charge is 0.478 e. The zero-order valence-corrected chi connectivity index (χ0v) is 21.1. The van der Waals surface area contributed by atoms with Gasteiger partial charge in [-0.3, -0.25) is 14.3 Å². The number of carbonyl (C=O) groups is 3. The molecule has 0 aliphatic rings. The zero-order chi connectivity index (χ0) is 27.9. The van der Waals surface area contributed by atoms with Crippen LogP contribution in [0, 0.1) is 5.82 Å². The maximum atomic E-state index is 14.8. The highest BCUT2D eigenvalue weighted by atomic mass is 35.5. The molecule has 0 unspecified atom stereocenters. The van der Waals surface area contributed by atoms with Gasteiger partial charge in [0.1, 0.15) is 18.2 Å². The highest BCUT2D eigenvalue weighted by Gasteiger charge is 2.23. The van der Waals surface area contributed by atoms with E-state index in [0.29, 0.717) is 12.2 Å². The minimum Gasteiger partial charge on any atom is -0.478 e. The van der Waals surface area contributed by atoms with Crippen molar-refractivity contribution < 1.29 is 23.9 Å². The zero-order valence-electron chi connectivity index (χ0n) is 20.3. The van der Waals surface area contributed by atoms with Crippen LogP contribution in [0.15, 0.2) is 55.1 Å². The fraction of sp³-hybridized carbons (Fsp3) is 0.167. The summed E-state index contributed by atoms with van der Waals surface area (Å²) in [5.41, 5.74) is 0.677. The van der Waals surface area contributed by atoms with Gasteiger partial charge in [-0.25, -0.2) is 14.2 Å². The van der Waals surface area contributed by atoms with E-state index in [-0.39, 0.29) is 34.1 Å². The lowest BCUT2D eigenvalue weighted by Crippen LogP contribution is -2.45. The minimum absolute atomic E-state index is 0.0347. The van der Waals surface area contributed by atoms with Gasteiger partial charge in [0.05, 0.1) is 22.0 Å². The number of tetrazole rings is 1.